The van der Waals surface area contributed by atoms with Crippen LogP contribution in [0, 0.1) is 0 Å². The highest BCUT2D eigenvalue weighted by Gasteiger charge is 2.35. The molecule has 2 heterocycles. The number of aromatic nitrogens is 3. The van der Waals surface area contributed by atoms with E-state index >= 15 is 0 Å². The molecule has 0 amide bonds. The third kappa shape index (κ3) is 6.30. The van der Waals surface area contributed by atoms with Crippen molar-refractivity contribution in [3.05, 3.63) is 69.3 Å². The second-order valence-electron chi connectivity index (χ2n) is 8.35. The SMILES string of the molecule is CCCSc1nc2n(n1)C(c1ccc(OCc3ccc(Br)cc3)c(OCC)c1)C(C(=O)OCC)=C(C)N2. The Hall–Kier alpha value is -2.98. The second kappa shape index (κ2) is 12.5. The monoisotopic (exact) mass is 586 g/mol. The average Bonchev–Trinajstić information content (AvgIpc) is 3.29. The lowest BCUT2D eigenvalue weighted by atomic mass is 9.95. The van der Waals surface area contributed by atoms with Gasteiger partial charge in [-0.15, -0.1) is 5.10 Å². The Labute approximate surface area is 229 Å². The van der Waals surface area contributed by atoms with Crippen LogP contribution in [0.25, 0.3) is 0 Å². The first-order chi connectivity index (χ1) is 17.9. The molecule has 10 heteroatoms. The van der Waals surface area contributed by atoms with Crippen molar-refractivity contribution in [2.45, 2.75) is 51.9 Å². The van der Waals surface area contributed by atoms with Crippen LogP contribution in [0.4, 0.5) is 5.95 Å². The molecule has 1 N–H and O–H groups in total. The predicted molar refractivity (Wildman–Crippen MR) is 148 cm³/mol. The number of esters is 1. The van der Waals surface area contributed by atoms with Gasteiger partial charge in [-0.2, -0.15) is 4.98 Å². The van der Waals surface area contributed by atoms with E-state index < -0.39 is 12.0 Å². The van der Waals surface area contributed by atoms with Crippen molar-refractivity contribution in [3.8, 4) is 11.5 Å². The Bertz CT molecular complexity index is 1280. The summed E-state index contributed by atoms with van der Waals surface area (Å²) >= 11 is 5.04. The molecule has 0 saturated carbocycles. The van der Waals surface area contributed by atoms with E-state index in [1.165, 1.54) is 0 Å². The van der Waals surface area contributed by atoms with Crippen LogP contribution in [0.1, 0.15) is 51.3 Å². The number of allylic oxidation sites excluding steroid dienone is 1. The summed E-state index contributed by atoms with van der Waals surface area (Å²) in [6.45, 7) is 8.84. The number of carbonyl (C=O) groups is 1. The number of carbonyl (C=O) groups excluding carboxylic acids is 1. The molecular formula is C27H31BrN4O4S. The van der Waals surface area contributed by atoms with E-state index in [-0.39, 0.29) is 6.61 Å². The standard InChI is InChI=1S/C27H31BrN4O4S/c1-5-14-37-27-30-26-29-17(4)23(25(33)35-7-3)24(32(26)31-27)19-10-13-21(22(15-19)34-6-2)36-16-18-8-11-20(28)12-9-18/h8-13,15,24H,5-7,14,16H2,1-4H3,(H,29,30,31). The van der Waals surface area contributed by atoms with Crippen LogP contribution in [-0.2, 0) is 16.1 Å². The van der Waals surface area contributed by atoms with E-state index in [9.17, 15) is 4.79 Å². The third-order valence-electron chi connectivity index (χ3n) is 5.65. The summed E-state index contributed by atoms with van der Waals surface area (Å²) in [7, 11) is 0. The molecule has 4 rings (SSSR count). The molecular weight excluding hydrogens is 556 g/mol. The van der Waals surface area contributed by atoms with Gasteiger partial charge in [0, 0.05) is 15.9 Å². The lowest BCUT2D eigenvalue weighted by Crippen LogP contribution is -2.29. The summed E-state index contributed by atoms with van der Waals surface area (Å²) in [5.41, 5.74) is 3.03. The van der Waals surface area contributed by atoms with Gasteiger partial charge in [0.1, 0.15) is 12.6 Å². The molecule has 1 unspecified atom stereocenters. The topological polar surface area (TPSA) is 87.5 Å². The highest BCUT2D eigenvalue weighted by molar-refractivity contribution is 9.10. The molecule has 1 aliphatic heterocycles. The van der Waals surface area contributed by atoms with Crippen LogP contribution in [-0.4, -0.2) is 39.7 Å². The molecule has 1 aromatic heterocycles. The molecule has 0 aliphatic carbocycles. The molecule has 3 aromatic rings. The Balaban J connectivity index is 1.72. The number of halogens is 1. The maximum absolute atomic E-state index is 13.1. The number of rotatable bonds is 11. The zero-order valence-corrected chi connectivity index (χ0v) is 23.8. The minimum absolute atomic E-state index is 0.275. The lowest BCUT2D eigenvalue weighted by molar-refractivity contribution is -0.139. The van der Waals surface area contributed by atoms with Crippen LogP contribution in [0.2, 0.25) is 0 Å². The number of benzene rings is 2. The quantitative estimate of drug-likeness (QED) is 0.205. The zero-order chi connectivity index (χ0) is 26.4. The van der Waals surface area contributed by atoms with Gasteiger partial charge in [-0.3, -0.25) is 0 Å². The van der Waals surface area contributed by atoms with E-state index in [0.29, 0.717) is 47.1 Å². The van der Waals surface area contributed by atoms with Crippen molar-refractivity contribution < 1.29 is 19.0 Å². The maximum atomic E-state index is 13.1. The molecule has 8 nitrogen and oxygen atoms in total. The second-order valence-corrected chi connectivity index (χ2v) is 10.3. The van der Waals surface area contributed by atoms with Gasteiger partial charge in [-0.05, 0) is 62.6 Å². The average molecular weight is 588 g/mol. The van der Waals surface area contributed by atoms with Crippen molar-refractivity contribution in [1.29, 1.82) is 0 Å². The van der Waals surface area contributed by atoms with E-state index in [1.807, 2.05) is 56.3 Å². The highest BCUT2D eigenvalue weighted by Crippen LogP contribution is 2.40. The lowest BCUT2D eigenvalue weighted by Gasteiger charge is -2.28. The molecule has 196 valence electrons. The number of hydrogen-bond donors (Lipinski definition) is 1. The largest absolute Gasteiger partial charge is 0.490 e. The Morgan fingerprint density at radius 1 is 1.08 bits per heavy atom. The van der Waals surface area contributed by atoms with E-state index in [2.05, 4.69) is 33.2 Å². The Morgan fingerprint density at radius 2 is 1.86 bits per heavy atom. The fourth-order valence-electron chi connectivity index (χ4n) is 3.99. The smallest absolute Gasteiger partial charge is 0.338 e. The molecule has 0 spiro atoms. The van der Waals surface area contributed by atoms with Crippen molar-refractivity contribution in [2.24, 2.45) is 0 Å². The summed E-state index contributed by atoms with van der Waals surface area (Å²) < 4.78 is 20.3. The van der Waals surface area contributed by atoms with Crippen molar-refractivity contribution >= 4 is 39.6 Å². The number of hydrogen-bond acceptors (Lipinski definition) is 8. The number of anilines is 1. The van der Waals surface area contributed by atoms with E-state index in [4.69, 9.17) is 19.3 Å². The van der Waals surface area contributed by atoms with Gasteiger partial charge >= 0.3 is 5.97 Å². The molecule has 0 bridgehead atoms. The molecule has 1 atom stereocenters. The number of ether oxygens (including phenoxy) is 3. The summed E-state index contributed by atoms with van der Waals surface area (Å²) in [6.07, 6.45) is 1.01. The van der Waals surface area contributed by atoms with Gasteiger partial charge in [-0.25, -0.2) is 9.48 Å². The van der Waals surface area contributed by atoms with Crippen LogP contribution in [0.15, 0.2) is 63.4 Å². The minimum Gasteiger partial charge on any atom is -0.490 e. The number of thioether (sulfide) groups is 1. The van der Waals surface area contributed by atoms with Gasteiger partial charge in [0.15, 0.2) is 11.5 Å². The number of fused-ring (bicyclic) bond motifs is 1. The van der Waals surface area contributed by atoms with Crippen molar-refractivity contribution in [3.63, 3.8) is 0 Å². The van der Waals surface area contributed by atoms with Gasteiger partial charge in [-0.1, -0.05) is 52.8 Å². The summed E-state index contributed by atoms with van der Waals surface area (Å²) in [5, 5.41) is 8.64. The van der Waals surface area contributed by atoms with Crippen molar-refractivity contribution in [1.82, 2.24) is 14.8 Å². The summed E-state index contributed by atoms with van der Waals surface area (Å²) in [6, 6.07) is 13.2. The predicted octanol–water partition coefficient (Wildman–Crippen LogP) is 6.37. The van der Waals surface area contributed by atoms with Gasteiger partial charge in [0.25, 0.3) is 0 Å². The van der Waals surface area contributed by atoms with Crippen LogP contribution in [0.5, 0.6) is 11.5 Å². The normalized spacial score (nSPS) is 14.7. The fourth-order valence-corrected chi connectivity index (χ4v) is 4.94. The summed E-state index contributed by atoms with van der Waals surface area (Å²) in [4.78, 5) is 17.8. The molecule has 0 saturated heterocycles. The van der Waals surface area contributed by atoms with E-state index in [1.54, 1.807) is 23.4 Å². The van der Waals surface area contributed by atoms with E-state index in [0.717, 1.165) is 27.8 Å². The Kier molecular flexibility index (Phi) is 9.15. The van der Waals surface area contributed by atoms with Crippen LogP contribution >= 0.6 is 27.7 Å². The Morgan fingerprint density at radius 3 is 2.57 bits per heavy atom. The van der Waals surface area contributed by atoms with Crippen LogP contribution < -0.4 is 14.8 Å². The number of nitrogens with one attached hydrogen (secondary N) is 1. The molecule has 37 heavy (non-hydrogen) atoms. The zero-order valence-electron chi connectivity index (χ0n) is 21.4. The number of nitrogens with zero attached hydrogens (tertiary/aromatic N) is 3. The van der Waals surface area contributed by atoms with Gasteiger partial charge in [0.2, 0.25) is 11.1 Å². The molecule has 0 radical (unpaired) electrons. The highest BCUT2D eigenvalue weighted by atomic mass is 79.9. The molecule has 2 aromatic carbocycles. The molecule has 1 aliphatic rings. The fraction of sp³-hybridized carbons (Fsp3) is 0.370. The van der Waals surface area contributed by atoms with Gasteiger partial charge in [0.05, 0.1) is 18.8 Å². The minimum atomic E-state index is -0.529. The van der Waals surface area contributed by atoms with Gasteiger partial charge < -0.3 is 19.5 Å². The first-order valence-electron chi connectivity index (χ1n) is 12.3. The first-order valence-corrected chi connectivity index (χ1v) is 14.1. The first kappa shape index (κ1) is 27.1. The maximum Gasteiger partial charge on any atom is 0.338 e. The van der Waals surface area contributed by atoms with Crippen molar-refractivity contribution in [2.75, 3.05) is 24.3 Å². The van der Waals surface area contributed by atoms with Crippen LogP contribution in [0.3, 0.4) is 0 Å². The summed E-state index contributed by atoms with van der Waals surface area (Å²) in [5.74, 6) is 2.32. The third-order valence-corrected chi connectivity index (χ3v) is 7.23. The molecule has 0 fully saturated rings.